The van der Waals surface area contributed by atoms with Crippen LogP contribution in [-0.4, -0.2) is 43.3 Å². The molecule has 0 heterocycles. The van der Waals surface area contributed by atoms with Crippen LogP contribution in [0.25, 0.3) is 0 Å². The monoisotopic (exact) mass is 589 g/mol. The van der Waals surface area contributed by atoms with Gasteiger partial charge in [0.25, 0.3) is 10.0 Å². The summed E-state index contributed by atoms with van der Waals surface area (Å²) in [7, 11) is -4.12. The molecule has 3 aromatic carbocycles. The molecule has 0 aliphatic carbocycles. The molecule has 0 aliphatic heterocycles. The summed E-state index contributed by atoms with van der Waals surface area (Å²) in [6, 6.07) is 20.4. The molecule has 7 nitrogen and oxygen atoms in total. The lowest BCUT2D eigenvalue weighted by Crippen LogP contribution is -2.55. The molecular weight excluding hydrogens is 557 g/mol. The van der Waals surface area contributed by atoms with Crippen LogP contribution in [0.2, 0.25) is 10.0 Å². The van der Waals surface area contributed by atoms with Crippen LogP contribution in [0.15, 0.2) is 83.8 Å². The fraction of sp³-hybridized carbons (Fsp3) is 0.310. The Morgan fingerprint density at radius 3 is 1.92 bits per heavy atom. The zero-order chi connectivity index (χ0) is 28.8. The van der Waals surface area contributed by atoms with Crippen LogP contribution in [0.3, 0.4) is 0 Å². The summed E-state index contributed by atoms with van der Waals surface area (Å²) in [5, 5.41) is 3.60. The summed E-state index contributed by atoms with van der Waals surface area (Å²) in [5.74, 6) is -0.941. The highest BCUT2D eigenvalue weighted by Gasteiger charge is 2.35. The van der Waals surface area contributed by atoms with E-state index in [4.69, 9.17) is 23.2 Å². The summed E-state index contributed by atoms with van der Waals surface area (Å²) in [4.78, 5) is 28.8. The number of carbonyl (C=O) groups excluding carboxylic acids is 2. The van der Waals surface area contributed by atoms with Gasteiger partial charge in [0.05, 0.1) is 10.6 Å². The second kappa shape index (κ2) is 12.9. The van der Waals surface area contributed by atoms with Crippen LogP contribution in [0.5, 0.6) is 0 Å². The van der Waals surface area contributed by atoms with Crippen LogP contribution >= 0.6 is 23.2 Å². The third kappa shape index (κ3) is 7.75. The van der Waals surface area contributed by atoms with Crippen LogP contribution in [0.4, 0.5) is 5.69 Å². The van der Waals surface area contributed by atoms with Gasteiger partial charge in [0.1, 0.15) is 12.6 Å². The summed E-state index contributed by atoms with van der Waals surface area (Å²) < 4.78 is 28.6. The smallest absolute Gasteiger partial charge is 0.264 e. The maximum absolute atomic E-state index is 14.1. The van der Waals surface area contributed by atoms with Gasteiger partial charge in [-0.05, 0) is 63.6 Å². The van der Waals surface area contributed by atoms with Crippen molar-refractivity contribution >= 4 is 50.7 Å². The molecule has 1 atom stereocenters. The molecule has 0 unspecified atom stereocenters. The fourth-order valence-corrected chi connectivity index (χ4v) is 6.02. The second-order valence-electron chi connectivity index (χ2n) is 10.0. The van der Waals surface area contributed by atoms with E-state index in [0.717, 1.165) is 4.31 Å². The van der Waals surface area contributed by atoms with Crippen LogP contribution < -0.4 is 9.62 Å². The van der Waals surface area contributed by atoms with Crippen molar-refractivity contribution in [2.75, 3.05) is 10.8 Å². The maximum atomic E-state index is 14.1. The topological polar surface area (TPSA) is 86.8 Å². The van der Waals surface area contributed by atoms with E-state index in [1.54, 1.807) is 73.7 Å². The number of rotatable bonds is 10. The van der Waals surface area contributed by atoms with E-state index in [2.05, 4.69) is 5.32 Å². The van der Waals surface area contributed by atoms with Gasteiger partial charge < -0.3 is 10.2 Å². The van der Waals surface area contributed by atoms with Gasteiger partial charge in [-0.15, -0.1) is 0 Å². The van der Waals surface area contributed by atoms with E-state index in [0.29, 0.717) is 21.3 Å². The van der Waals surface area contributed by atoms with Crippen molar-refractivity contribution in [2.45, 2.75) is 57.1 Å². The van der Waals surface area contributed by atoms with E-state index < -0.39 is 34.1 Å². The second-order valence-corrected chi connectivity index (χ2v) is 12.7. The molecule has 0 aromatic heterocycles. The minimum absolute atomic E-state index is 0.0415. The van der Waals surface area contributed by atoms with Crippen molar-refractivity contribution < 1.29 is 18.0 Å². The number of para-hydroxylation sites is 1. The first-order valence-corrected chi connectivity index (χ1v) is 14.7. The first-order chi connectivity index (χ1) is 18.3. The van der Waals surface area contributed by atoms with Gasteiger partial charge in [-0.25, -0.2) is 8.42 Å². The molecule has 0 saturated heterocycles. The van der Waals surface area contributed by atoms with Crippen molar-refractivity contribution in [2.24, 2.45) is 0 Å². The normalized spacial score (nSPS) is 12.5. The average Bonchev–Trinajstić information content (AvgIpc) is 2.88. The number of benzene rings is 3. The zero-order valence-corrected chi connectivity index (χ0v) is 24.7. The molecule has 0 fully saturated rings. The number of halogens is 2. The standard InChI is InChI=1S/C29H33Cl2N3O4S/c1-5-26(28(36)32-29(2,3)4)33(19-23-24(30)17-12-18-25(23)31)27(35)20-34(21-13-8-6-9-14-21)39(37,38)22-15-10-7-11-16-22/h6-18,26H,5,19-20H2,1-4H3,(H,32,36)/t26-/m1/s1. The molecule has 0 spiro atoms. The Hall–Kier alpha value is -3.07. The lowest BCUT2D eigenvalue weighted by Gasteiger charge is -2.35. The van der Waals surface area contributed by atoms with Crippen molar-refractivity contribution in [1.29, 1.82) is 0 Å². The summed E-state index contributed by atoms with van der Waals surface area (Å²) in [6.45, 7) is 6.70. The molecule has 3 aromatic rings. The Labute approximate surface area is 240 Å². The minimum Gasteiger partial charge on any atom is -0.350 e. The molecule has 0 aliphatic rings. The first kappa shape index (κ1) is 30.5. The van der Waals surface area contributed by atoms with E-state index in [-0.39, 0.29) is 23.8 Å². The van der Waals surface area contributed by atoms with Crippen molar-refractivity contribution in [3.05, 3.63) is 94.5 Å². The van der Waals surface area contributed by atoms with Gasteiger partial charge in [-0.2, -0.15) is 0 Å². The largest absolute Gasteiger partial charge is 0.350 e. The Balaban J connectivity index is 2.08. The molecule has 0 bridgehead atoms. The fourth-order valence-electron chi connectivity index (χ4n) is 4.07. The van der Waals surface area contributed by atoms with Crippen LogP contribution in [-0.2, 0) is 26.2 Å². The Morgan fingerprint density at radius 2 is 1.41 bits per heavy atom. The number of nitrogens with zero attached hydrogens (tertiary/aromatic N) is 2. The summed E-state index contributed by atoms with van der Waals surface area (Å²) in [6.07, 6.45) is 0.284. The first-order valence-electron chi connectivity index (χ1n) is 12.5. The van der Waals surface area contributed by atoms with Gasteiger partial charge >= 0.3 is 0 Å². The molecule has 10 heteroatoms. The van der Waals surface area contributed by atoms with E-state index in [9.17, 15) is 18.0 Å². The van der Waals surface area contributed by atoms with E-state index in [1.165, 1.54) is 17.0 Å². The van der Waals surface area contributed by atoms with Crippen LogP contribution in [0.1, 0.15) is 39.7 Å². The Kier molecular flexibility index (Phi) is 10.0. The summed E-state index contributed by atoms with van der Waals surface area (Å²) in [5.41, 5.74) is 0.236. The Morgan fingerprint density at radius 1 is 0.872 bits per heavy atom. The van der Waals surface area contributed by atoms with Gasteiger partial charge in [0, 0.05) is 27.7 Å². The van der Waals surface area contributed by atoms with Gasteiger partial charge in [-0.3, -0.25) is 13.9 Å². The summed E-state index contributed by atoms with van der Waals surface area (Å²) >= 11 is 12.9. The third-order valence-corrected chi connectivity index (χ3v) is 8.42. The number of carbonyl (C=O) groups is 2. The molecular formula is C29H33Cl2N3O4S. The SMILES string of the molecule is CC[C@H](C(=O)NC(C)(C)C)N(Cc1c(Cl)cccc1Cl)C(=O)CN(c1ccccc1)S(=O)(=O)c1ccccc1. The molecule has 3 rings (SSSR count). The Bertz CT molecular complexity index is 1370. The highest BCUT2D eigenvalue weighted by molar-refractivity contribution is 7.92. The number of anilines is 1. The van der Waals surface area contributed by atoms with Crippen molar-refractivity contribution in [3.8, 4) is 0 Å². The molecule has 2 amide bonds. The number of hydrogen-bond acceptors (Lipinski definition) is 4. The minimum atomic E-state index is -4.12. The predicted molar refractivity (Wildman–Crippen MR) is 156 cm³/mol. The lowest BCUT2D eigenvalue weighted by atomic mass is 10.1. The highest BCUT2D eigenvalue weighted by Crippen LogP contribution is 2.28. The number of nitrogens with one attached hydrogen (secondary N) is 1. The predicted octanol–water partition coefficient (Wildman–Crippen LogP) is 5.91. The molecule has 0 saturated carbocycles. The highest BCUT2D eigenvalue weighted by atomic mass is 35.5. The molecule has 0 radical (unpaired) electrons. The lowest BCUT2D eigenvalue weighted by molar-refractivity contribution is -0.141. The number of amides is 2. The van der Waals surface area contributed by atoms with Crippen LogP contribution in [0, 0.1) is 0 Å². The van der Waals surface area contributed by atoms with Crippen molar-refractivity contribution in [3.63, 3.8) is 0 Å². The van der Waals surface area contributed by atoms with Gasteiger partial charge in [0.2, 0.25) is 11.8 Å². The molecule has 1 N–H and O–H groups in total. The third-order valence-electron chi connectivity index (χ3n) is 5.93. The number of hydrogen-bond donors (Lipinski definition) is 1. The van der Waals surface area contributed by atoms with E-state index in [1.807, 2.05) is 20.8 Å². The zero-order valence-electron chi connectivity index (χ0n) is 22.4. The maximum Gasteiger partial charge on any atom is 0.264 e. The van der Waals surface area contributed by atoms with Gasteiger partial charge in [-0.1, -0.05) is 72.6 Å². The average molecular weight is 591 g/mol. The van der Waals surface area contributed by atoms with Crippen molar-refractivity contribution in [1.82, 2.24) is 10.2 Å². The van der Waals surface area contributed by atoms with E-state index >= 15 is 0 Å². The number of sulfonamides is 1. The molecule has 39 heavy (non-hydrogen) atoms. The van der Waals surface area contributed by atoms with Gasteiger partial charge in [0.15, 0.2) is 0 Å². The molecule has 208 valence electrons. The quantitative estimate of drug-likeness (QED) is 0.318.